The summed E-state index contributed by atoms with van der Waals surface area (Å²) >= 11 is 0. The average Bonchev–Trinajstić information content (AvgIpc) is 3.35. The quantitative estimate of drug-likeness (QED) is 0.455. The molecule has 0 spiro atoms. The summed E-state index contributed by atoms with van der Waals surface area (Å²) in [6.07, 6.45) is 0. The minimum absolute atomic E-state index is 0.369. The predicted octanol–water partition coefficient (Wildman–Crippen LogP) is 2.43. The van der Waals surface area contributed by atoms with Gasteiger partial charge in [-0.1, -0.05) is 52.2 Å². The maximum absolute atomic E-state index is 5.78. The number of aromatic nitrogens is 6. The van der Waals surface area contributed by atoms with Gasteiger partial charge in [0.05, 0.1) is 0 Å². The van der Waals surface area contributed by atoms with Crippen molar-refractivity contribution in [3.63, 3.8) is 0 Å². The molecule has 8 nitrogen and oxygen atoms in total. The molecule has 0 aliphatic rings. The van der Waals surface area contributed by atoms with Crippen molar-refractivity contribution < 1.29 is 9.68 Å². The highest BCUT2D eigenvalue weighted by Crippen LogP contribution is 2.12. The second-order valence-electron chi connectivity index (χ2n) is 6.27. The second kappa shape index (κ2) is 6.99. The summed E-state index contributed by atoms with van der Waals surface area (Å²) in [4.78, 5) is 14.5. The van der Waals surface area contributed by atoms with Gasteiger partial charge in [0.1, 0.15) is 35.3 Å². The van der Waals surface area contributed by atoms with Gasteiger partial charge in [0.2, 0.25) is 0 Å². The third kappa shape index (κ3) is 3.11. The van der Waals surface area contributed by atoms with Crippen LogP contribution < -0.4 is 9.68 Å². The third-order valence-corrected chi connectivity index (χ3v) is 4.34. The van der Waals surface area contributed by atoms with Crippen molar-refractivity contribution in [1.82, 2.24) is 30.3 Å². The van der Waals surface area contributed by atoms with E-state index in [-0.39, 0.29) is 0 Å². The van der Waals surface area contributed by atoms with E-state index >= 15 is 0 Å². The molecular weight excluding hydrogens is 356 g/mol. The van der Waals surface area contributed by atoms with Crippen LogP contribution in [0.4, 0.5) is 0 Å². The first-order valence-electron chi connectivity index (χ1n) is 8.82. The zero-order valence-electron chi connectivity index (χ0n) is 14.8. The summed E-state index contributed by atoms with van der Waals surface area (Å²) in [6.45, 7) is 0.737. The van der Waals surface area contributed by atoms with Gasteiger partial charge in [0.25, 0.3) is 0 Å². The van der Waals surface area contributed by atoms with E-state index in [0.717, 1.165) is 33.2 Å². The van der Waals surface area contributed by atoms with Crippen LogP contribution in [0.3, 0.4) is 0 Å². The molecule has 0 aliphatic heterocycles. The maximum Gasteiger partial charge on any atom is 0.142 e. The van der Waals surface area contributed by atoms with E-state index < -0.39 is 0 Å². The van der Waals surface area contributed by atoms with Crippen molar-refractivity contribution >= 4 is 22.1 Å². The molecule has 138 valence electrons. The first-order chi connectivity index (χ1) is 13.9. The molecule has 0 amide bonds. The van der Waals surface area contributed by atoms with Crippen molar-refractivity contribution in [3.8, 4) is 0 Å². The predicted molar refractivity (Wildman–Crippen MR) is 102 cm³/mol. The highest BCUT2D eigenvalue weighted by molar-refractivity contribution is 5.74. The van der Waals surface area contributed by atoms with Crippen LogP contribution in [-0.4, -0.2) is 30.3 Å². The highest BCUT2D eigenvalue weighted by Gasteiger charge is 2.06. The molecule has 0 unspecified atom stereocenters. The van der Waals surface area contributed by atoms with E-state index in [1.807, 2.05) is 72.8 Å². The SMILES string of the molecule is c1cc(COn2nnc3ccccc32)cc(COn2nnc3ccccc32)c1. The minimum Gasteiger partial charge on any atom is -0.390 e. The molecule has 0 radical (unpaired) electrons. The molecule has 28 heavy (non-hydrogen) atoms. The number of benzene rings is 3. The number of rotatable bonds is 6. The van der Waals surface area contributed by atoms with Gasteiger partial charge in [0, 0.05) is 0 Å². The molecule has 0 bridgehead atoms. The molecular formula is C20H16N6O2. The summed E-state index contributed by atoms with van der Waals surface area (Å²) in [6, 6.07) is 23.3. The Morgan fingerprint density at radius 1 is 0.607 bits per heavy atom. The number of nitrogens with zero attached hydrogens (tertiary/aromatic N) is 6. The first-order valence-corrected chi connectivity index (χ1v) is 8.82. The number of hydrogen-bond acceptors (Lipinski definition) is 6. The van der Waals surface area contributed by atoms with Gasteiger partial charge in [0.15, 0.2) is 0 Å². The lowest BCUT2D eigenvalue weighted by Crippen LogP contribution is -2.14. The van der Waals surface area contributed by atoms with Crippen molar-refractivity contribution in [2.75, 3.05) is 0 Å². The number of para-hydroxylation sites is 2. The van der Waals surface area contributed by atoms with Crippen LogP contribution in [0.1, 0.15) is 11.1 Å². The summed E-state index contributed by atoms with van der Waals surface area (Å²) in [5, 5.41) is 16.2. The summed E-state index contributed by atoms with van der Waals surface area (Å²) < 4.78 is 0. The van der Waals surface area contributed by atoms with Gasteiger partial charge in [-0.05, 0) is 51.9 Å². The van der Waals surface area contributed by atoms with Crippen molar-refractivity contribution in [2.45, 2.75) is 13.2 Å². The Bertz CT molecular complexity index is 1150. The van der Waals surface area contributed by atoms with Crippen LogP contribution in [0.5, 0.6) is 0 Å². The molecule has 3 aromatic carbocycles. The van der Waals surface area contributed by atoms with Crippen molar-refractivity contribution in [2.24, 2.45) is 0 Å². The van der Waals surface area contributed by atoms with Gasteiger partial charge in [-0.3, -0.25) is 0 Å². The van der Waals surface area contributed by atoms with E-state index in [1.165, 1.54) is 9.69 Å². The molecule has 0 fully saturated rings. The fourth-order valence-electron chi connectivity index (χ4n) is 2.97. The lowest BCUT2D eigenvalue weighted by molar-refractivity contribution is 0.0720. The fraction of sp³-hybridized carbons (Fsp3) is 0.100. The van der Waals surface area contributed by atoms with Crippen molar-refractivity contribution in [1.29, 1.82) is 0 Å². The van der Waals surface area contributed by atoms with Crippen LogP contribution in [0.25, 0.3) is 22.1 Å². The van der Waals surface area contributed by atoms with E-state index in [1.54, 1.807) is 0 Å². The average molecular weight is 372 g/mol. The normalized spacial score (nSPS) is 11.1. The Kier molecular flexibility index (Phi) is 4.06. The monoisotopic (exact) mass is 372 g/mol. The molecule has 0 aliphatic carbocycles. The van der Waals surface area contributed by atoms with Crippen LogP contribution >= 0.6 is 0 Å². The first kappa shape index (κ1) is 16.2. The Balaban J connectivity index is 1.27. The van der Waals surface area contributed by atoms with Crippen LogP contribution in [0, 0.1) is 0 Å². The topological polar surface area (TPSA) is 79.9 Å². The van der Waals surface area contributed by atoms with Gasteiger partial charge in [-0.25, -0.2) is 0 Å². The van der Waals surface area contributed by atoms with E-state index in [2.05, 4.69) is 20.6 Å². The summed E-state index contributed by atoms with van der Waals surface area (Å²) in [5.41, 5.74) is 5.27. The molecule has 2 heterocycles. The molecule has 0 saturated heterocycles. The molecule has 2 aromatic heterocycles. The molecule has 0 N–H and O–H groups in total. The van der Waals surface area contributed by atoms with E-state index in [4.69, 9.17) is 9.68 Å². The van der Waals surface area contributed by atoms with Gasteiger partial charge < -0.3 is 9.68 Å². The molecule has 5 aromatic rings. The van der Waals surface area contributed by atoms with Crippen LogP contribution in [0.2, 0.25) is 0 Å². The number of hydrogen-bond donors (Lipinski definition) is 0. The van der Waals surface area contributed by atoms with Gasteiger partial charge in [-0.2, -0.15) is 0 Å². The fourth-order valence-corrected chi connectivity index (χ4v) is 2.97. The van der Waals surface area contributed by atoms with Crippen LogP contribution in [0.15, 0.2) is 72.8 Å². The molecule has 0 atom stereocenters. The standard InChI is InChI=1S/C20H16N6O2/c1-3-10-19-17(8-1)21-23-25(19)27-13-15-6-5-7-16(12-15)14-28-26-20-11-4-2-9-18(20)22-24-26/h1-12H,13-14H2. The molecule has 0 saturated carbocycles. The van der Waals surface area contributed by atoms with Crippen molar-refractivity contribution in [3.05, 3.63) is 83.9 Å². The highest BCUT2D eigenvalue weighted by atomic mass is 16.7. The Morgan fingerprint density at radius 2 is 1.11 bits per heavy atom. The van der Waals surface area contributed by atoms with E-state index in [9.17, 15) is 0 Å². The largest absolute Gasteiger partial charge is 0.390 e. The second-order valence-corrected chi connectivity index (χ2v) is 6.27. The maximum atomic E-state index is 5.78. The lowest BCUT2D eigenvalue weighted by Gasteiger charge is -2.08. The lowest BCUT2D eigenvalue weighted by atomic mass is 10.1. The number of fused-ring (bicyclic) bond motifs is 2. The zero-order chi connectivity index (χ0) is 18.8. The smallest absolute Gasteiger partial charge is 0.142 e. The van der Waals surface area contributed by atoms with E-state index in [0.29, 0.717) is 13.2 Å². The minimum atomic E-state index is 0.369. The van der Waals surface area contributed by atoms with Gasteiger partial charge >= 0.3 is 0 Å². The van der Waals surface area contributed by atoms with Gasteiger partial charge in [-0.15, -0.1) is 10.2 Å². The zero-order valence-corrected chi connectivity index (χ0v) is 14.8. The third-order valence-electron chi connectivity index (χ3n) is 4.34. The molecule has 8 heteroatoms. The Labute approximate surface area is 159 Å². The molecule has 5 rings (SSSR count). The van der Waals surface area contributed by atoms with Crippen LogP contribution in [-0.2, 0) is 13.2 Å². The summed E-state index contributed by atoms with van der Waals surface area (Å²) in [5.74, 6) is 0. The summed E-state index contributed by atoms with van der Waals surface area (Å²) in [7, 11) is 0. The Hall–Kier alpha value is -3.94. The Morgan fingerprint density at radius 3 is 1.64 bits per heavy atom.